The fourth-order valence-electron chi connectivity index (χ4n) is 1.71. The zero-order chi connectivity index (χ0) is 10.8. The van der Waals surface area contributed by atoms with E-state index in [9.17, 15) is 4.79 Å². The van der Waals surface area contributed by atoms with Gasteiger partial charge in [-0.1, -0.05) is 0 Å². The first kappa shape index (κ1) is 10.4. The quantitative estimate of drug-likeness (QED) is 0.755. The summed E-state index contributed by atoms with van der Waals surface area (Å²) in [7, 11) is 0. The zero-order valence-electron chi connectivity index (χ0n) is 8.22. The molecule has 6 heteroatoms. The van der Waals surface area contributed by atoms with E-state index in [1.807, 2.05) is 0 Å². The van der Waals surface area contributed by atoms with E-state index in [2.05, 4.69) is 4.98 Å². The minimum atomic E-state index is -0.0844. The molecular weight excluding hydrogens is 214 g/mol. The van der Waals surface area contributed by atoms with Gasteiger partial charge >= 0.3 is 0 Å². The fraction of sp³-hybridized carbons (Fsp3) is 0.556. The number of anilines is 1. The lowest BCUT2D eigenvalue weighted by atomic mass is 10.1. The van der Waals surface area contributed by atoms with E-state index in [-0.39, 0.29) is 18.4 Å². The first-order valence-electron chi connectivity index (χ1n) is 4.82. The molecule has 82 valence electrons. The summed E-state index contributed by atoms with van der Waals surface area (Å²) in [6.45, 7) is 1.46. The van der Waals surface area contributed by atoms with Crippen molar-refractivity contribution in [1.82, 2.24) is 9.88 Å². The number of carbonyl (C=O) groups is 1. The Balaban J connectivity index is 2.03. The first-order chi connectivity index (χ1) is 7.20. The van der Waals surface area contributed by atoms with Crippen molar-refractivity contribution in [2.24, 2.45) is 5.92 Å². The van der Waals surface area contributed by atoms with E-state index in [0.29, 0.717) is 23.9 Å². The second-order valence-corrected chi connectivity index (χ2v) is 4.55. The van der Waals surface area contributed by atoms with Gasteiger partial charge in [-0.15, -0.1) is 11.3 Å². The number of hydrogen-bond donors (Lipinski definition) is 2. The van der Waals surface area contributed by atoms with Crippen molar-refractivity contribution in [1.29, 1.82) is 0 Å². The Hall–Kier alpha value is -1.14. The predicted molar refractivity (Wildman–Crippen MR) is 57.6 cm³/mol. The highest BCUT2D eigenvalue weighted by molar-refractivity contribution is 7.13. The summed E-state index contributed by atoms with van der Waals surface area (Å²) >= 11 is 1.27. The monoisotopic (exact) mass is 227 g/mol. The molecule has 15 heavy (non-hydrogen) atoms. The Kier molecular flexibility index (Phi) is 2.88. The molecule has 2 rings (SSSR count). The second-order valence-electron chi connectivity index (χ2n) is 3.66. The Labute approximate surface area is 91.5 Å². The molecule has 0 radical (unpaired) electrons. The van der Waals surface area contributed by atoms with Crippen molar-refractivity contribution >= 4 is 22.4 Å². The minimum Gasteiger partial charge on any atom is -0.396 e. The Morgan fingerprint density at radius 1 is 1.80 bits per heavy atom. The molecule has 0 spiro atoms. The van der Waals surface area contributed by atoms with Gasteiger partial charge in [0.05, 0.1) is 0 Å². The van der Waals surface area contributed by atoms with E-state index in [0.717, 1.165) is 6.42 Å². The number of nitrogens with two attached hydrogens (primary N) is 1. The van der Waals surface area contributed by atoms with Crippen molar-refractivity contribution in [3.05, 3.63) is 11.1 Å². The molecule has 0 aliphatic carbocycles. The number of carbonyl (C=O) groups excluding carboxylic acids is 1. The smallest absolute Gasteiger partial charge is 0.273 e. The molecule has 1 fully saturated rings. The van der Waals surface area contributed by atoms with Crippen LogP contribution in [0.25, 0.3) is 0 Å². The molecule has 1 aromatic rings. The van der Waals surface area contributed by atoms with Gasteiger partial charge in [0, 0.05) is 31.0 Å². The summed E-state index contributed by atoms with van der Waals surface area (Å²) in [6.07, 6.45) is 0.863. The number of thiazole rings is 1. The molecule has 1 amide bonds. The Morgan fingerprint density at radius 2 is 2.60 bits per heavy atom. The summed E-state index contributed by atoms with van der Waals surface area (Å²) in [5.74, 6) is 0.129. The number of nitrogen functional groups attached to an aromatic ring is 1. The van der Waals surface area contributed by atoms with Crippen molar-refractivity contribution in [3.63, 3.8) is 0 Å². The molecule has 1 aliphatic rings. The maximum absolute atomic E-state index is 11.9. The van der Waals surface area contributed by atoms with Gasteiger partial charge in [0.1, 0.15) is 5.69 Å². The number of hydrogen-bond acceptors (Lipinski definition) is 5. The summed E-state index contributed by atoms with van der Waals surface area (Å²) in [6, 6.07) is 0. The number of aromatic nitrogens is 1. The van der Waals surface area contributed by atoms with Gasteiger partial charge in [-0.2, -0.15) is 0 Å². The molecule has 2 heterocycles. The van der Waals surface area contributed by atoms with E-state index in [4.69, 9.17) is 10.8 Å². The lowest BCUT2D eigenvalue weighted by Gasteiger charge is -2.14. The van der Waals surface area contributed by atoms with Crippen LogP contribution < -0.4 is 5.73 Å². The van der Waals surface area contributed by atoms with Crippen molar-refractivity contribution in [2.75, 3.05) is 25.4 Å². The van der Waals surface area contributed by atoms with Crippen molar-refractivity contribution < 1.29 is 9.90 Å². The average Bonchev–Trinajstić information content (AvgIpc) is 2.84. The lowest BCUT2D eigenvalue weighted by Crippen LogP contribution is -2.29. The van der Waals surface area contributed by atoms with Gasteiger partial charge in [0.25, 0.3) is 5.91 Å². The predicted octanol–water partition coefficient (Wildman–Crippen LogP) is 0.180. The van der Waals surface area contributed by atoms with Gasteiger partial charge in [0.15, 0.2) is 5.13 Å². The molecule has 1 atom stereocenters. The molecule has 1 aliphatic heterocycles. The molecule has 3 N–H and O–H groups in total. The molecule has 5 nitrogen and oxygen atoms in total. The third kappa shape index (κ3) is 2.10. The van der Waals surface area contributed by atoms with Crippen LogP contribution in [-0.4, -0.2) is 40.6 Å². The van der Waals surface area contributed by atoms with Gasteiger partial charge in [-0.25, -0.2) is 4.98 Å². The van der Waals surface area contributed by atoms with Crippen LogP contribution >= 0.6 is 11.3 Å². The standard InChI is InChI=1S/C9H13N3O2S/c10-9-11-7(5-15-9)8(14)12-2-1-6(3-12)4-13/h5-6,13H,1-4H2,(H2,10,11). The summed E-state index contributed by atoms with van der Waals surface area (Å²) in [5.41, 5.74) is 5.88. The highest BCUT2D eigenvalue weighted by atomic mass is 32.1. The van der Waals surface area contributed by atoms with E-state index in [1.54, 1.807) is 10.3 Å². The molecule has 1 unspecified atom stereocenters. The van der Waals surface area contributed by atoms with Crippen LogP contribution in [0.4, 0.5) is 5.13 Å². The number of aliphatic hydroxyl groups excluding tert-OH is 1. The lowest BCUT2D eigenvalue weighted by molar-refractivity contribution is 0.0777. The Morgan fingerprint density at radius 3 is 3.13 bits per heavy atom. The topological polar surface area (TPSA) is 79.5 Å². The van der Waals surface area contributed by atoms with Gasteiger partial charge in [-0.05, 0) is 6.42 Å². The second kappa shape index (κ2) is 4.16. The molecule has 0 aromatic carbocycles. The van der Waals surface area contributed by atoms with Gasteiger partial charge in [0.2, 0.25) is 0 Å². The number of aliphatic hydroxyl groups is 1. The van der Waals surface area contributed by atoms with Crippen molar-refractivity contribution in [2.45, 2.75) is 6.42 Å². The van der Waals surface area contributed by atoms with Crippen LogP contribution in [0.3, 0.4) is 0 Å². The first-order valence-corrected chi connectivity index (χ1v) is 5.70. The summed E-state index contributed by atoms with van der Waals surface area (Å²) in [5, 5.41) is 11.1. The average molecular weight is 227 g/mol. The minimum absolute atomic E-state index is 0.0844. The van der Waals surface area contributed by atoms with E-state index < -0.39 is 0 Å². The zero-order valence-corrected chi connectivity index (χ0v) is 9.04. The molecule has 1 aromatic heterocycles. The molecule has 0 bridgehead atoms. The Bertz CT molecular complexity index is 366. The van der Waals surface area contributed by atoms with Crippen LogP contribution in [0.15, 0.2) is 5.38 Å². The SMILES string of the molecule is Nc1nc(C(=O)N2CCC(CO)C2)cs1. The van der Waals surface area contributed by atoms with E-state index >= 15 is 0 Å². The summed E-state index contributed by atoms with van der Waals surface area (Å²) in [4.78, 5) is 17.5. The highest BCUT2D eigenvalue weighted by Gasteiger charge is 2.27. The third-order valence-electron chi connectivity index (χ3n) is 2.57. The van der Waals surface area contributed by atoms with Crippen LogP contribution in [0.1, 0.15) is 16.9 Å². The fourth-order valence-corrected chi connectivity index (χ4v) is 2.25. The molecule has 0 saturated carbocycles. The van der Waals surface area contributed by atoms with E-state index in [1.165, 1.54) is 11.3 Å². The maximum atomic E-state index is 11.9. The van der Waals surface area contributed by atoms with Crippen molar-refractivity contribution in [3.8, 4) is 0 Å². The number of rotatable bonds is 2. The number of likely N-dealkylation sites (tertiary alicyclic amines) is 1. The van der Waals surface area contributed by atoms with Crippen LogP contribution in [0.5, 0.6) is 0 Å². The van der Waals surface area contributed by atoms with Crippen LogP contribution in [0, 0.1) is 5.92 Å². The summed E-state index contributed by atoms with van der Waals surface area (Å²) < 4.78 is 0. The molecular formula is C9H13N3O2S. The highest BCUT2D eigenvalue weighted by Crippen LogP contribution is 2.19. The number of amides is 1. The van der Waals surface area contributed by atoms with Crippen LogP contribution in [-0.2, 0) is 0 Å². The normalized spacial score (nSPS) is 20.9. The maximum Gasteiger partial charge on any atom is 0.273 e. The van der Waals surface area contributed by atoms with Gasteiger partial charge < -0.3 is 15.7 Å². The largest absolute Gasteiger partial charge is 0.396 e. The van der Waals surface area contributed by atoms with Crippen LogP contribution in [0.2, 0.25) is 0 Å². The van der Waals surface area contributed by atoms with Gasteiger partial charge in [-0.3, -0.25) is 4.79 Å². The third-order valence-corrected chi connectivity index (χ3v) is 3.25. The number of nitrogens with zero attached hydrogens (tertiary/aromatic N) is 2. The molecule has 1 saturated heterocycles.